The third kappa shape index (κ3) is 2.04. The first-order chi connectivity index (χ1) is 6.33. The smallest absolute Gasteiger partial charge is 0.312 e. The highest BCUT2D eigenvalue weighted by Gasteiger charge is 2.44. The Morgan fingerprint density at radius 1 is 1.08 bits per heavy atom. The minimum absolute atomic E-state index is 0.0295. The number of carbonyl (C=O) groups is 1. The summed E-state index contributed by atoms with van der Waals surface area (Å²) in [6.45, 7) is 4.67. The van der Waals surface area contributed by atoms with E-state index in [-0.39, 0.29) is 11.4 Å². The summed E-state index contributed by atoms with van der Waals surface area (Å²) in [6, 6.07) is 0. The minimum atomic E-state index is -0.0295. The minimum Gasteiger partial charge on any atom is -0.465 e. The molecular formula is C11H20O2. The molecule has 0 aromatic carbocycles. The van der Waals surface area contributed by atoms with Crippen LogP contribution in [0.1, 0.15) is 52.4 Å². The molecule has 1 aliphatic heterocycles. The van der Waals surface area contributed by atoms with E-state index in [1.54, 1.807) is 0 Å². The van der Waals surface area contributed by atoms with Gasteiger partial charge in [0.25, 0.3) is 0 Å². The maximum Gasteiger partial charge on any atom is 0.312 e. The largest absolute Gasteiger partial charge is 0.465 e. The van der Waals surface area contributed by atoms with E-state index in [1.165, 1.54) is 19.3 Å². The molecule has 1 saturated heterocycles. The van der Waals surface area contributed by atoms with Crippen LogP contribution in [0.4, 0.5) is 0 Å². The zero-order valence-electron chi connectivity index (χ0n) is 8.77. The quantitative estimate of drug-likeness (QED) is 0.541. The van der Waals surface area contributed by atoms with E-state index in [0.29, 0.717) is 6.61 Å². The first kappa shape index (κ1) is 10.6. The fourth-order valence-corrected chi connectivity index (χ4v) is 2.28. The number of hydrogen-bond donors (Lipinski definition) is 0. The Bertz CT molecular complexity index is 169. The Morgan fingerprint density at radius 3 is 2.15 bits per heavy atom. The van der Waals surface area contributed by atoms with E-state index < -0.39 is 0 Å². The number of esters is 1. The molecular weight excluding hydrogens is 164 g/mol. The topological polar surface area (TPSA) is 26.3 Å². The van der Waals surface area contributed by atoms with E-state index in [9.17, 15) is 4.79 Å². The summed E-state index contributed by atoms with van der Waals surface area (Å²) in [5, 5.41) is 0. The Morgan fingerprint density at radius 2 is 1.69 bits per heavy atom. The van der Waals surface area contributed by atoms with Crippen LogP contribution in [-0.4, -0.2) is 12.6 Å². The normalized spacial score (nSPS) is 24.9. The van der Waals surface area contributed by atoms with Crippen LogP contribution in [0.5, 0.6) is 0 Å². The number of ether oxygens (including phenoxy) is 1. The third-order valence-electron chi connectivity index (χ3n) is 3.06. The predicted molar refractivity (Wildman–Crippen MR) is 52.4 cm³/mol. The SMILES string of the molecule is CC.O=C1OCCC12CCCCC2. The fourth-order valence-electron chi connectivity index (χ4n) is 2.28. The highest BCUT2D eigenvalue weighted by atomic mass is 16.5. The van der Waals surface area contributed by atoms with Crippen molar-refractivity contribution in [2.24, 2.45) is 5.41 Å². The van der Waals surface area contributed by atoms with Crippen molar-refractivity contribution < 1.29 is 9.53 Å². The molecule has 1 saturated carbocycles. The summed E-state index contributed by atoms with van der Waals surface area (Å²) in [4.78, 5) is 11.3. The van der Waals surface area contributed by atoms with Crippen LogP contribution in [0.2, 0.25) is 0 Å². The van der Waals surface area contributed by atoms with E-state index in [4.69, 9.17) is 4.74 Å². The summed E-state index contributed by atoms with van der Waals surface area (Å²) in [7, 11) is 0. The van der Waals surface area contributed by atoms with Crippen LogP contribution in [0.25, 0.3) is 0 Å². The second-order valence-corrected chi connectivity index (χ2v) is 3.73. The standard InChI is InChI=1S/C9H14O2.C2H6/c10-8-9(6-7-11-8)4-2-1-3-5-9;1-2/h1-7H2;1-2H3. The summed E-state index contributed by atoms with van der Waals surface area (Å²) in [6.07, 6.45) is 6.86. The van der Waals surface area contributed by atoms with Gasteiger partial charge in [0.1, 0.15) is 0 Å². The molecule has 2 rings (SSSR count). The van der Waals surface area contributed by atoms with Gasteiger partial charge in [0.15, 0.2) is 0 Å². The van der Waals surface area contributed by atoms with Crippen LogP contribution in [0.3, 0.4) is 0 Å². The van der Waals surface area contributed by atoms with Crippen molar-refractivity contribution in [2.45, 2.75) is 52.4 Å². The van der Waals surface area contributed by atoms with Gasteiger partial charge in [0, 0.05) is 0 Å². The third-order valence-corrected chi connectivity index (χ3v) is 3.06. The lowest BCUT2D eigenvalue weighted by Gasteiger charge is -2.28. The zero-order chi connectivity index (χ0) is 9.73. The van der Waals surface area contributed by atoms with Crippen molar-refractivity contribution in [3.05, 3.63) is 0 Å². The van der Waals surface area contributed by atoms with Gasteiger partial charge >= 0.3 is 5.97 Å². The van der Waals surface area contributed by atoms with E-state index in [1.807, 2.05) is 13.8 Å². The molecule has 0 unspecified atom stereocenters. The molecule has 2 aliphatic rings. The molecule has 0 amide bonds. The molecule has 1 heterocycles. The van der Waals surface area contributed by atoms with Crippen molar-refractivity contribution in [1.82, 2.24) is 0 Å². The molecule has 13 heavy (non-hydrogen) atoms. The monoisotopic (exact) mass is 184 g/mol. The molecule has 0 bridgehead atoms. The average Bonchev–Trinajstić information content (AvgIpc) is 2.53. The van der Waals surface area contributed by atoms with Crippen molar-refractivity contribution in [1.29, 1.82) is 0 Å². The van der Waals surface area contributed by atoms with Gasteiger partial charge in [-0.25, -0.2) is 0 Å². The van der Waals surface area contributed by atoms with Crippen LogP contribution in [0, 0.1) is 5.41 Å². The van der Waals surface area contributed by atoms with Gasteiger partial charge in [0.05, 0.1) is 12.0 Å². The van der Waals surface area contributed by atoms with Crippen LogP contribution < -0.4 is 0 Å². The molecule has 2 nitrogen and oxygen atoms in total. The molecule has 0 atom stereocenters. The second-order valence-electron chi connectivity index (χ2n) is 3.73. The molecule has 2 heteroatoms. The highest BCUT2D eigenvalue weighted by Crippen LogP contribution is 2.43. The summed E-state index contributed by atoms with van der Waals surface area (Å²) < 4.78 is 5.01. The summed E-state index contributed by atoms with van der Waals surface area (Å²) >= 11 is 0. The maximum atomic E-state index is 11.3. The molecule has 0 N–H and O–H groups in total. The average molecular weight is 184 g/mol. The van der Waals surface area contributed by atoms with Crippen LogP contribution in [-0.2, 0) is 9.53 Å². The fraction of sp³-hybridized carbons (Fsp3) is 0.909. The van der Waals surface area contributed by atoms with Gasteiger partial charge < -0.3 is 4.74 Å². The van der Waals surface area contributed by atoms with Gasteiger partial charge in [-0.3, -0.25) is 4.79 Å². The Labute approximate surface area is 80.7 Å². The van der Waals surface area contributed by atoms with Crippen molar-refractivity contribution in [3.63, 3.8) is 0 Å². The lowest BCUT2D eigenvalue weighted by Crippen LogP contribution is -2.28. The summed E-state index contributed by atoms with van der Waals surface area (Å²) in [5.74, 6) is 0.0807. The number of carbonyl (C=O) groups excluding carboxylic acids is 1. The Balaban J connectivity index is 0.000000396. The highest BCUT2D eigenvalue weighted by molar-refractivity contribution is 5.78. The van der Waals surface area contributed by atoms with E-state index in [0.717, 1.165) is 19.3 Å². The number of cyclic esters (lactones) is 1. The van der Waals surface area contributed by atoms with Gasteiger partial charge in [0.2, 0.25) is 0 Å². The lowest BCUT2D eigenvalue weighted by molar-refractivity contribution is -0.147. The zero-order valence-corrected chi connectivity index (χ0v) is 8.77. The van der Waals surface area contributed by atoms with Crippen molar-refractivity contribution in [3.8, 4) is 0 Å². The van der Waals surface area contributed by atoms with Gasteiger partial charge in [-0.2, -0.15) is 0 Å². The summed E-state index contributed by atoms with van der Waals surface area (Å²) in [5.41, 5.74) is -0.0295. The van der Waals surface area contributed by atoms with E-state index >= 15 is 0 Å². The number of rotatable bonds is 0. The van der Waals surface area contributed by atoms with Gasteiger partial charge in [-0.05, 0) is 19.3 Å². The number of hydrogen-bond acceptors (Lipinski definition) is 2. The lowest BCUT2D eigenvalue weighted by atomic mass is 9.73. The molecule has 1 aliphatic carbocycles. The Kier molecular flexibility index (Phi) is 3.76. The van der Waals surface area contributed by atoms with Crippen LogP contribution in [0.15, 0.2) is 0 Å². The van der Waals surface area contributed by atoms with E-state index in [2.05, 4.69) is 0 Å². The predicted octanol–water partition coefficient (Wildman–Crippen LogP) is 2.91. The molecule has 2 fully saturated rings. The first-order valence-electron chi connectivity index (χ1n) is 5.51. The first-order valence-corrected chi connectivity index (χ1v) is 5.51. The maximum absolute atomic E-state index is 11.3. The van der Waals surface area contributed by atoms with Crippen molar-refractivity contribution >= 4 is 5.97 Å². The molecule has 0 aromatic heterocycles. The molecule has 0 radical (unpaired) electrons. The molecule has 1 spiro atoms. The second kappa shape index (κ2) is 4.64. The molecule has 0 aromatic rings. The van der Waals surface area contributed by atoms with Gasteiger partial charge in [-0.15, -0.1) is 0 Å². The van der Waals surface area contributed by atoms with Crippen LogP contribution >= 0.6 is 0 Å². The van der Waals surface area contributed by atoms with Gasteiger partial charge in [-0.1, -0.05) is 33.1 Å². The Hall–Kier alpha value is -0.530. The molecule has 76 valence electrons. The van der Waals surface area contributed by atoms with Crippen molar-refractivity contribution in [2.75, 3.05) is 6.61 Å².